The Labute approximate surface area is 176 Å². The second-order valence-corrected chi connectivity index (χ2v) is 7.47. The molecule has 0 aliphatic heterocycles. The van der Waals surface area contributed by atoms with E-state index in [9.17, 15) is 12.8 Å². The summed E-state index contributed by atoms with van der Waals surface area (Å²) in [4.78, 5) is 4.37. The highest BCUT2D eigenvalue weighted by atomic mass is 127. The first-order valence-corrected chi connectivity index (χ1v) is 9.64. The summed E-state index contributed by atoms with van der Waals surface area (Å²) < 4.78 is 38.6. The summed E-state index contributed by atoms with van der Waals surface area (Å²) in [6, 6.07) is 13.0. The molecule has 27 heavy (non-hydrogen) atoms. The average molecular weight is 506 g/mol. The van der Waals surface area contributed by atoms with Crippen LogP contribution >= 0.6 is 24.0 Å². The van der Waals surface area contributed by atoms with Gasteiger partial charge in [0.1, 0.15) is 5.82 Å². The van der Waals surface area contributed by atoms with Gasteiger partial charge in [-0.25, -0.2) is 17.5 Å². The Bertz CT molecular complexity index is 841. The third-order valence-electron chi connectivity index (χ3n) is 3.81. The fraction of sp³-hybridized carbons (Fsp3) is 0.278. The van der Waals surface area contributed by atoms with E-state index in [1.165, 1.54) is 19.2 Å². The predicted molar refractivity (Wildman–Crippen MR) is 116 cm³/mol. The van der Waals surface area contributed by atoms with E-state index in [1.54, 1.807) is 43.4 Å². The van der Waals surface area contributed by atoms with Crippen LogP contribution in [0.25, 0.3) is 0 Å². The van der Waals surface area contributed by atoms with Crippen molar-refractivity contribution in [1.82, 2.24) is 15.4 Å². The molecule has 2 rings (SSSR count). The number of nitrogens with zero attached hydrogens (tertiary/aromatic N) is 1. The highest BCUT2D eigenvalue weighted by Crippen LogP contribution is 2.10. The van der Waals surface area contributed by atoms with Crippen LogP contribution in [0.5, 0.6) is 0 Å². The maximum absolute atomic E-state index is 12.9. The molecule has 0 aromatic heterocycles. The van der Waals surface area contributed by atoms with Gasteiger partial charge in [0.2, 0.25) is 10.0 Å². The maximum atomic E-state index is 12.9. The van der Waals surface area contributed by atoms with Gasteiger partial charge in [-0.2, -0.15) is 0 Å². The van der Waals surface area contributed by atoms with Crippen LogP contribution in [0, 0.1) is 5.82 Å². The van der Waals surface area contributed by atoms with Gasteiger partial charge in [-0.3, -0.25) is 4.99 Å². The molecule has 0 fully saturated rings. The van der Waals surface area contributed by atoms with Crippen molar-refractivity contribution in [2.45, 2.75) is 17.9 Å². The molecule has 6 nitrogen and oxygen atoms in total. The van der Waals surface area contributed by atoms with Crippen LogP contribution in [0.15, 0.2) is 58.4 Å². The average Bonchev–Trinajstić information content (AvgIpc) is 2.66. The Morgan fingerprint density at radius 1 is 1.00 bits per heavy atom. The third-order valence-corrected chi connectivity index (χ3v) is 5.24. The van der Waals surface area contributed by atoms with E-state index in [0.29, 0.717) is 19.0 Å². The first-order chi connectivity index (χ1) is 12.4. The molecule has 0 aliphatic carbocycles. The summed E-state index contributed by atoms with van der Waals surface area (Å²) in [7, 11) is -0.364. The number of nitrogens with one attached hydrogen (secondary N) is 3. The highest BCUT2D eigenvalue weighted by Gasteiger charge is 2.10. The van der Waals surface area contributed by atoms with Crippen molar-refractivity contribution in [3.8, 4) is 0 Å². The molecule has 148 valence electrons. The van der Waals surface area contributed by atoms with Gasteiger partial charge in [0.05, 0.1) is 4.90 Å². The minimum Gasteiger partial charge on any atom is -0.356 e. The molecule has 2 aromatic carbocycles. The summed E-state index contributed by atoms with van der Waals surface area (Å²) in [6.07, 6.45) is 0.748. The fourth-order valence-corrected chi connectivity index (χ4v) is 3.02. The third kappa shape index (κ3) is 7.43. The van der Waals surface area contributed by atoms with Gasteiger partial charge in [0.15, 0.2) is 5.96 Å². The van der Waals surface area contributed by atoms with Crippen molar-refractivity contribution in [3.63, 3.8) is 0 Å². The number of halogens is 2. The molecule has 0 heterocycles. The number of hydrogen-bond donors (Lipinski definition) is 3. The smallest absolute Gasteiger partial charge is 0.240 e. The Hall–Kier alpha value is -1.72. The van der Waals surface area contributed by atoms with E-state index in [-0.39, 0.29) is 34.7 Å². The zero-order valence-electron chi connectivity index (χ0n) is 15.2. The molecule has 0 spiro atoms. The number of guanidine groups is 1. The number of benzene rings is 2. The summed E-state index contributed by atoms with van der Waals surface area (Å²) in [5.74, 6) is 0.395. The lowest BCUT2D eigenvalue weighted by Crippen LogP contribution is -2.37. The zero-order valence-corrected chi connectivity index (χ0v) is 18.3. The van der Waals surface area contributed by atoms with Crippen molar-refractivity contribution in [2.24, 2.45) is 4.99 Å². The highest BCUT2D eigenvalue weighted by molar-refractivity contribution is 14.0. The normalized spacial score (nSPS) is 11.6. The first-order valence-electron chi connectivity index (χ1n) is 8.16. The topological polar surface area (TPSA) is 82.6 Å². The first kappa shape index (κ1) is 23.3. The van der Waals surface area contributed by atoms with Crippen molar-refractivity contribution < 1.29 is 12.8 Å². The predicted octanol–water partition coefficient (Wildman–Crippen LogP) is 2.26. The van der Waals surface area contributed by atoms with Crippen molar-refractivity contribution in [1.29, 1.82) is 0 Å². The summed E-state index contributed by atoms with van der Waals surface area (Å²) in [6.45, 7) is 1.17. The zero-order chi connectivity index (χ0) is 19.0. The molecular weight excluding hydrogens is 482 g/mol. The number of rotatable bonds is 7. The van der Waals surface area contributed by atoms with Gasteiger partial charge in [-0.1, -0.05) is 24.3 Å². The van der Waals surface area contributed by atoms with Crippen LogP contribution < -0.4 is 15.4 Å². The van der Waals surface area contributed by atoms with Crippen LogP contribution in [0.1, 0.15) is 11.1 Å². The van der Waals surface area contributed by atoms with Crippen LogP contribution in [-0.4, -0.2) is 35.0 Å². The van der Waals surface area contributed by atoms with Gasteiger partial charge >= 0.3 is 0 Å². The van der Waals surface area contributed by atoms with Gasteiger partial charge in [0, 0.05) is 20.1 Å². The van der Waals surface area contributed by atoms with Gasteiger partial charge in [-0.15, -0.1) is 24.0 Å². The second kappa shape index (κ2) is 11.2. The summed E-state index contributed by atoms with van der Waals surface area (Å²) in [5, 5.41) is 6.35. The monoisotopic (exact) mass is 506 g/mol. The summed E-state index contributed by atoms with van der Waals surface area (Å²) >= 11 is 0. The molecular formula is C18H24FIN4O2S. The van der Waals surface area contributed by atoms with E-state index < -0.39 is 10.0 Å². The van der Waals surface area contributed by atoms with Crippen molar-refractivity contribution >= 4 is 40.0 Å². The second-order valence-electron chi connectivity index (χ2n) is 5.58. The Morgan fingerprint density at radius 2 is 1.59 bits per heavy atom. The van der Waals surface area contributed by atoms with Gasteiger partial charge < -0.3 is 10.6 Å². The molecule has 0 saturated heterocycles. The number of aliphatic imine (C=N–C) groups is 1. The molecule has 0 bridgehead atoms. The number of hydrogen-bond acceptors (Lipinski definition) is 3. The molecule has 2 aromatic rings. The molecule has 0 aliphatic rings. The minimum absolute atomic E-state index is 0. The van der Waals surface area contributed by atoms with E-state index in [1.807, 2.05) is 0 Å². The molecule has 0 radical (unpaired) electrons. The SMILES string of the molecule is CN=C(NCCc1ccc(F)cc1)NCc1ccc(S(=O)(=O)NC)cc1.I. The fourth-order valence-electron chi connectivity index (χ4n) is 2.29. The molecule has 9 heteroatoms. The van der Waals surface area contributed by atoms with E-state index >= 15 is 0 Å². The Balaban J connectivity index is 0.00000364. The summed E-state index contributed by atoms with van der Waals surface area (Å²) in [5.41, 5.74) is 1.97. The standard InChI is InChI=1S/C18H23FN4O2S.HI/c1-20-18(22-12-11-14-3-7-16(19)8-4-14)23-13-15-5-9-17(10-6-15)26(24,25)21-2;/h3-10,21H,11-13H2,1-2H3,(H2,20,22,23);1H. The van der Waals surface area contributed by atoms with E-state index in [4.69, 9.17) is 0 Å². The minimum atomic E-state index is -3.42. The van der Waals surface area contributed by atoms with Crippen LogP contribution in [0.4, 0.5) is 4.39 Å². The lowest BCUT2D eigenvalue weighted by molar-refractivity contribution is 0.588. The van der Waals surface area contributed by atoms with Crippen molar-refractivity contribution in [2.75, 3.05) is 20.6 Å². The quantitative estimate of drug-likeness (QED) is 0.306. The lowest BCUT2D eigenvalue weighted by Gasteiger charge is -2.12. The molecule has 0 amide bonds. The molecule has 0 unspecified atom stereocenters. The Morgan fingerprint density at radius 3 is 2.15 bits per heavy atom. The van der Waals surface area contributed by atoms with E-state index in [2.05, 4.69) is 20.3 Å². The van der Waals surface area contributed by atoms with Crippen LogP contribution in [0.2, 0.25) is 0 Å². The van der Waals surface area contributed by atoms with Crippen molar-refractivity contribution in [3.05, 3.63) is 65.5 Å². The largest absolute Gasteiger partial charge is 0.356 e. The lowest BCUT2D eigenvalue weighted by atomic mass is 10.1. The van der Waals surface area contributed by atoms with E-state index in [0.717, 1.165) is 17.5 Å². The molecule has 0 atom stereocenters. The van der Waals surface area contributed by atoms with Crippen LogP contribution in [-0.2, 0) is 23.0 Å². The maximum Gasteiger partial charge on any atom is 0.240 e. The number of sulfonamides is 1. The van der Waals surface area contributed by atoms with Gasteiger partial charge in [-0.05, 0) is 48.9 Å². The molecule has 0 saturated carbocycles. The Kier molecular flexibility index (Phi) is 9.67. The molecule has 3 N–H and O–H groups in total. The van der Waals surface area contributed by atoms with Crippen LogP contribution in [0.3, 0.4) is 0 Å². The van der Waals surface area contributed by atoms with Gasteiger partial charge in [0.25, 0.3) is 0 Å².